The summed E-state index contributed by atoms with van der Waals surface area (Å²) in [6.45, 7) is 4.50. The minimum absolute atomic E-state index is 0.216. The molecule has 1 heterocycles. The maximum absolute atomic E-state index is 11.2. The molecule has 1 aliphatic rings. The molecule has 7 nitrogen and oxygen atoms in total. The molecular formula is C38H66O7. The first-order chi connectivity index (χ1) is 21.8. The van der Waals surface area contributed by atoms with Gasteiger partial charge in [-0.2, -0.15) is 0 Å². The van der Waals surface area contributed by atoms with Gasteiger partial charge in [-0.25, -0.2) is 0 Å². The van der Waals surface area contributed by atoms with Gasteiger partial charge >= 0.3 is 23.9 Å². The van der Waals surface area contributed by atoms with E-state index in [1.165, 1.54) is 134 Å². The summed E-state index contributed by atoms with van der Waals surface area (Å²) in [5.41, 5.74) is 0. The minimum Gasteiger partial charge on any atom is -0.481 e. The Hall–Kier alpha value is -2.44. The summed E-state index contributed by atoms with van der Waals surface area (Å²) in [4.78, 5) is 43.6. The number of carboxylic acids is 2. The van der Waals surface area contributed by atoms with E-state index in [-0.39, 0.29) is 24.7 Å². The lowest BCUT2D eigenvalue weighted by Crippen LogP contribution is -2.15. The summed E-state index contributed by atoms with van der Waals surface area (Å²) in [6.07, 6.45) is 37.9. The lowest BCUT2D eigenvalue weighted by atomic mass is 10.0. The Bertz CT molecular complexity index is 817. The van der Waals surface area contributed by atoms with Crippen LogP contribution in [0, 0.1) is 11.8 Å². The number of hydrogen-bond donors (Lipinski definition) is 2. The van der Waals surface area contributed by atoms with E-state index in [1.54, 1.807) is 0 Å². The largest absolute Gasteiger partial charge is 0.481 e. The molecule has 260 valence electrons. The first-order valence-electron chi connectivity index (χ1n) is 18.3. The fraction of sp³-hybridized carbons (Fsp3) is 0.789. The average Bonchev–Trinajstić information content (AvgIpc) is 3.33. The van der Waals surface area contributed by atoms with Crippen LogP contribution < -0.4 is 0 Å². The Kier molecular flexibility index (Phi) is 29.8. The highest BCUT2D eigenvalue weighted by molar-refractivity contribution is 5.95. The van der Waals surface area contributed by atoms with Crippen LogP contribution in [0.1, 0.15) is 181 Å². The summed E-state index contributed by atoms with van der Waals surface area (Å²) in [5.74, 6) is -4.16. The second-order valence-corrected chi connectivity index (χ2v) is 12.7. The van der Waals surface area contributed by atoms with E-state index in [0.29, 0.717) is 0 Å². The fourth-order valence-corrected chi connectivity index (χ4v) is 5.44. The summed E-state index contributed by atoms with van der Waals surface area (Å²) >= 11 is 0. The lowest BCUT2D eigenvalue weighted by Gasteiger charge is -2.04. The van der Waals surface area contributed by atoms with Crippen molar-refractivity contribution in [3.8, 4) is 0 Å². The first-order valence-corrected chi connectivity index (χ1v) is 18.3. The van der Waals surface area contributed by atoms with Crippen LogP contribution in [0.2, 0.25) is 0 Å². The monoisotopic (exact) mass is 634 g/mol. The van der Waals surface area contributed by atoms with Crippen molar-refractivity contribution in [3.63, 3.8) is 0 Å². The molecule has 1 fully saturated rings. The van der Waals surface area contributed by atoms with Gasteiger partial charge in [0.2, 0.25) is 0 Å². The van der Waals surface area contributed by atoms with E-state index >= 15 is 0 Å². The van der Waals surface area contributed by atoms with Crippen molar-refractivity contribution in [2.24, 2.45) is 11.8 Å². The molecule has 1 aliphatic heterocycles. The molecular weight excluding hydrogens is 568 g/mol. The van der Waals surface area contributed by atoms with E-state index in [9.17, 15) is 19.2 Å². The van der Waals surface area contributed by atoms with Crippen LogP contribution in [0.15, 0.2) is 24.3 Å². The Morgan fingerprint density at radius 2 is 1.07 bits per heavy atom. The van der Waals surface area contributed by atoms with Gasteiger partial charge in [0.05, 0.1) is 24.7 Å². The van der Waals surface area contributed by atoms with Crippen LogP contribution in [0.5, 0.6) is 0 Å². The van der Waals surface area contributed by atoms with Gasteiger partial charge in [-0.15, -0.1) is 0 Å². The highest BCUT2D eigenvalue weighted by Crippen LogP contribution is 2.18. The quantitative estimate of drug-likeness (QED) is 0.0364. The van der Waals surface area contributed by atoms with Gasteiger partial charge in [-0.1, -0.05) is 167 Å². The van der Waals surface area contributed by atoms with Gasteiger partial charge in [-0.05, 0) is 25.7 Å². The van der Waals surface area contributed by atoms with Gasteiger partial charge in [-0.3, -0.25) is 19.2 Å². The number of allylic oxidation sites excluding steroid dienone is 2. The zero-order valence-corrected chi connectivity index (χ0v) is 28.8. The molecule has 0 aliphatic carbocycles. The van der Waals surface area contributed by atoms with Crippen molar-refractivity contribution in [2.45, 2.75) is 181 Å². The Morgan fingerprint density at radius 1 is 0.667 bits per heavy atom. The van der Waals surface area contributed by atoms with Gasteiger partial charge in [0, 0.05) is 0 Å². The van der Waals surface area contributed by atoms with E-state index in [1.807, 2.05) is 18.2 Å². The number of hydrogen-bond acceptors (Lipinski definition) is 5. The second kappa shape index (κ2) is 31.5. The Labute approximate surface area is 274 Å². The van der Waals surface area contributed by atoms with Crippen LogP contribution >= 0.6 is 0 Å². The van der Waals surface area contributed by atoms with Crippen molar-refractivity contribution < 1.29 is 34.1 Å². The summed E-state index contributed by atoms with van der Waals surface area (Å²) < 4.78 is 4.50. The number of esters is 2. The van der Waals surface area contributed by atoms with Crippen molar-refractivity contribution in [1.29, 1.82) is 0 Å². The standard InChI is InChI=1S/C20H36O4.C18H30O3/c1-2-3-4-5-6-7-8-9-10-11-12-13-14-15-16-18(20(23)24)17-19(21)22;1-2-3-4-5-6-7-8-9-10-11-12-13-14-16-15-17(19)21-18(16)20/h15-16,18H,2-14,17H2,1H3,(H,21,22)(H,23,24);13-14,16H,2-12,15H2,1H3. The predicted molar refractivity (Wildman–Crippen MR) is 183 cm³/mol. The molecule has 0 spiro atoms. The molecule has 0 radical (unpaired) electrons. The van der Waals surface area contributed by atoms with E-state index < -0.39 is 23.8 Å². The number of cyclic esters (lactones) is 2. The highest BCUT2D eigenvalue weighted by Gasteiger charge is 2.30. The lowest BCUT2D eigenvalue weighted by molar-refractivity contribution is -0.152. The summed E-state index contributed by atoms with van der Waals surface area (Å²) in [5, 5.41) is 17.6. The number of unbranched alkanes of at least 4 members (excludes halogenated alkanes) is 22. The van der Waals surface area contributed by atoms with Crippen molar-refractivity contribution in [2.75, 3.05) is 0 Å². The normalized spacial score (nSPS) is 15.4. The van der Waals surface area contributed by atoms with Gasteiger partial charge in [0.15, 0.2) is 0 Å². The Balaban J connectivity index is 0.000000867. The molecule has 0 aromatic carbocycles. The maximum atomic E-state index is 11.2. The Morgan fingerprint density at radius 3 is 1.42 bits per heavy atom. The molecule has 0 aromatic heterocycles. The molecule has 0 aromatic rings. The smallest absolute Gasteiger partial charge is 0.321 e. The van der Waals surface area contributed by atoms with E-state index in [0.717, 1.165) is 25.7 Å². The minimum atomic E-state index is -1.07. The molecule has 2 unspecified atom stereocenters. The molecule has 45 heavy (non-hydrogen) atoms. The van der Waals surface area contributed by atoms with Crippen LogP contribution in [-0.2, 0) is 23.9 Å². The van der Waals surface area contributed by atoms with Gasteiger partial charge < -0.3 is 14.9 Å². The fourth-order valence-electron chi connectivity index (χ4n) is 5.44. The molecule has 0 bridgehead atoms. The van der Waals surface area contributed by atoms with Crippen molar-refractivity contribution in [1.82, 2.24) is 0 Å². The number of ether oxygens (including phenoxy) is 1. The molecule has 2 N–H and O–H groups in total. The highest BCUT2D eigenvalue weighted by atomic mass is 16.6. The van der Waals surface area contributed by atoms with Crippen LogP contribution in [-0.4, -0.2) is 34.1 Å². The maximum Gasteiger partial charge on any atom is 0.321 e. The predicted octanol–water partition coefficient (Wildman–Crippen LogP) is 10.8. The van der Waals surface area contributed by atoms with E-state index in [2.05, 4.69) is 18.6 Å². The van der Waals surface area contributed by atoms with E-state index in [4.69, 9.17) is 10.2 Å². The molecule has 1 rings (SSSR count). The topological polar surface area (TPSA) is 118 Å². The number of carboxylic acid groups (broad SMARTS) is 2. The molecule has 0 saturated carbocycles. The number of carbonyl (C=O) groups is 4. The molecule has 7 heteroatoms. The van der Waals surface area contributed by atoms with Gasteiger partial charge in [0.25, 0.3) is 0 Å². The first kappa shape index (κ1) is 42.6. The third kappa shape index (κ3) is 28.8. The molecule has 2 atom stereocenters. The zero-order valence-electron chi connectivity index (χ0n) is 28.8. The third-order valence-corrected chi connectivity index (χ3v) is 8.30. The van der Waals surface area contributed by atoms with Crippen LogP contribution in [0.4, 0.5) is 0 Å². The average molecular weight is 635 g/mol. The van der Waals surface area contributed by atoms with Crippen molar-refractivity contribution in [3.05, 3.63) is 24.3 Å². The second-order valence-electron chi connectivity index (χ2n) is 12.7. The number of rotatable bonds is 29. The van der Waals surface area contributed by atoms with Crippen molar-refractivity contribution >= 4 is 23.9 Å². The number of carbonyl (C=O) groups excluding carboxylic acids is 2. The van der Waals surface area contributed by atoms with Crippen LogP contribution in [0.25, 0.3) is 0 Å². The molecule has 0 amide bonds. The molecule has 1 saturated heterocycles. The SMILES string of the molecule is CCCCCCCCCCCCC=CC1CC(=O)OC1=O.CCCCCCCCCCCCCCC=CC(CC(=O)O)C(=O)O. The zero-order chi connectivity index (χ0) is 33.4. The van der Waals surface area contributed by atoms with Gasteiger partial charge in [0.1, 0.15) is 0 Å². The van der Waals surface area contributed by atoms with Crippen LogP contribution in [0.3, 0.4) is 0 Å². The number of aliphatic carboxylic acids is 2. The third-order valence-electron chi connectivity index (χ3n) is 8.30. The summed E-state index contributed by atoms with van der Waals surface area (Å²) in [6, 6.07) is 0. The summed E-state index contributed by atoms with van der Waals surface area (Å²) in [7, 11) is 0.